The van der Waals surface area contributed by atoms with Crippen molar-refractivity contribution < 1.29 is 22.5 Å². The Hall–Kier alpha value is -2.66. The van der Waals surface area contributed by atoms with Gasteiger partial charge in [0, 0.05) is 37.5 Å². The molecule has 0 aromatic carbocycles. The van der Waals surface area contributed by atoms with Crippen molar-refractivity contribution in [2.24, 2.45) is 5.41 Å². The van der Waals surface area contributed by atoms with Crippen molar-refractivity contribution in [2.45, 2.75) is 68.0 Å². The Labute approximate surface area is 187 Å². The predicted molar refractivity (Wildman–Crippen MR) is 105 cm³/mol. The minimum Gasteiger partial charge on any atom is -0.338 e. The van der Waals surface area contributed by atoms with Crippen LogP contribution in [0.4, 0.5) is 18.0 Å². The SMILES string of the molecule is O=C(N1CC(c2noc(C3(C(F)(F)F)CC3)n2)C1)N1CC2(CC(n3cnc(C4CC4)n3)C2)C1. The number of aromatic nitrogens is 5. The van der Waals surface area contributed by atoms with Crippen LogP contribution in [-0.2, 0) is 5.41 Å². The van der Waals surface area contributed by atoms with Crippen molar-refractivity contribution in [3.63, 3.8) is 0 Å². The smallest absolute Gasteiger partial charge is 0.338 e. The van der Waals surface area contributed by atoms with E-state index < -0.39 is 11.6 Å². The first-order chi connectivity index (χ1) is 15.8. The highest BCUT2D eigenvalue weighted by molar-refractivity contribution is 5.76. The van der Waals surface area contributed by atoms with Gasteiger partial charge in [-0.3, -0.25) is 0 Å². The Morgan fingerprint density at radius 3 is 2.42 bits per heavy atom. The number of halogens is 3. The van der Waals surface area contributed by atoms with Gasteiger partial charge in [-0.05, 0) is 38.5 Å². The monoisotopic (exact) mass is 463 g/mol. The molecule has 1 spiro atoms. The fourth-order valence-corrected chi connectivity index (χ4v) is 5.61. The molecule has 0 atom stereocenters. The normalized spacial score (nSPS) is 26.2. The first-order valence-corrected chi connectivity index (χ1v) is 11.6. The van der Waals surface area contributed by atoms with E-state index in [1.54, 1.807) is 4.90 Å². The van der Waals surface area contributed by atoms with Gasteiger partial charge < -0.3 is 14.3 Å². The van der Waals surface area contributed by atoms with Gasteiger partial charge in [-0.2, -0.15) is 23.3 Å². The third-order valence-electron chi connectivity index (χ3n) is 8.16. The molecule has 2 aromatic rings. The molecule has 12 heteroatoms. The molecule has 0 bridgehead atoms. The molecular weight excluding hydrogens is 439 g/mol. The van der Waals surface area contributed by atoms with Gasteiger partial charge in [-0.15, -0.1) is 0 Å². The molecule has 9 nitrogen and oxygen atoms in total. The number of alkyl halides is 3. The lowest BCUT2D eigenvalue weighted by Crippen LogP contribution is -2.67. The van der Waals surface area contributed by atoms with Gasteiger partial charge >= 0.3 is 12.2 Å². The van der Waals surface area contributed by atoms with Crippen LogP contribution in [0.1, 0.15) is 73.9 Å². The molecule has 2 aromatic heterocycles. The van der Waals surface area contributed by atoms with Crippen LogP contribution < -0.4 is 0 Å². The van der Waals surface area contributed by atoms with E-state index in [-0.39, 0.29) is 41.9 Å². The molecule has 0 unspecified atom stereocenters. The van der Waals surface area contributed by atoms with Gasteiger partial charge in [0.15, 0.2) is 11.6 Å². The van der Waals surface area contributed by atoms with Gasteiger partial charge in [-0.25, -0.2) is 14.5 Å². The van der Waals surface area contributed by atoms with E-state index in [1.165, 1.54) is 12.8 Å². The largest absolute Gasteiger partial charge is 0.403 e. The average Bonchev–Trinajstić information content (AvgIpc) is 3.58. The van der Waals surface area contributed by atoms with Gasteiger partial charge in [0.25, 0.3) is 0 Å². The number of likely N-dealkylation sites (tertiary alicyclic amines) is 2. The Morgan fingerprint density at radius 2 is 1.79 bits per heavy atom. The maximum absolute atomic E-state index is 13.2. The zero-order valence-electron chi connectivity index (χ0n) is 18.0. The molecule has 0 radical (unpaired) electrons. The first-order valence-electron chi connectivity index (χ1n) is 11.6. The van der Waals surface area contributed by atoms with E-state index in [9.17, 15) is 18.0 Å². The average molecular weight is 463 g/mol. The second-order valence-corrected chi connectivity index (χ2v) is 10.7. The minimum atomic E-state index is -4.38. The van der Waals surface area contributed by atoms with Crippen LogP contribution >= 0.6 is 0 Å². The molecule has 3 saturated carbocycles. The molecule has 5 fully saturated rings. The lowest BCUT2D eigenvalue weighted by atomic mass is 9.61. The first kappa shape index (κ1) is 19.8. The van der Waals surface area contributed by atoms with Crippen LogP contribution in [0.2, 0.25) is 0 Å². The number of carbonyl (C=O) groups excluding carboxylic acids is 1. The number of rotatable bonds is 4. The third-order valence-corrected chi connectivity index (χ3v) is 8.16. The summed E-state index contributed by atoms with van der Waals surface area (Å²) in [6.45, 7) is 2.31. The molecule has 7 rings (SSSR count). The van der Waals surface area contributed by atoms with Crippen molar-refractivity contribution in [3.05, 3.63) is 23.9 Å². The molecule has 0 N–H and O–H groups in total. The topological polar surface area (TPSA) is 93.2 Å². The van der Waals surface area contributed by atoms with E-state index >= 15 is 0 Å². The maximum Gasteiger partial charge on any atom is 0.403 e. The molecule has 33 heavy (non-hydrogen) atoms. The highest BCUT2D eigenvalue weighted by atomic mass is 19.4. The van der Waals surface area contributed by atoms with Crippen LogP contribution in [-0.4, -0.2) is 73.1 Å². The lowest BCUT2D eigenvalue weighted by molar-refractivity contribution is -0.166. The van der Waals surface area contributed by atoms with Crippen LogP contribution in [0, 0.1) is 5.41 Å². The second kappa shape index (κ2) is 6.26. The van der Waals surface area contributed by atoms with E-state index in [1.807, 2.05) is 15.9 Å². The summed E-state index contributed by atoms with van der Waals surface area (Å²) in [7, 11) is 0. The van der Waals surface area contributed by atoms with E-state index in [0.717, 1.165) is 31.8 Å². The number of amides is 2. The Kier molecular flexibility index (Phi) is 3.75. The quantitative estimate of drug-likeness (QED) is 0.692. The van der Waals surface area contributed by atoms with Crippen LogP contribution in [0.15, 0.2) is 10.9 Å². The number of carbonyl (C=O) groups is 1. The molecule has 3 aliphatic carbocycles. The standard InChI is InChI=1S/C21H24F3N7O2/c22-21(23,24)20(3-4-20)17-26-16(28-33-17)13-7-29(8-13)18(32)30-9-19(10-30)5-14(6-19)31-11-25-15(27-31)12-1-2-12/h11-14H,1-10H2. The molecule has 2 saturated heterocycles. The van der Waals surface area contributed by atoms with Crippen molar-refractivity contribution in [2.75, 3.05) is 26.2 Å². The summed E-state index contributed by atoms with van der Waals surface area (Å²) in [6.07, 6.45) is 1.85. The number of hydrogen-bond donors (Lipinski definition) is 0. The number of nitrogens with zero attached hydrogens (tertiary/aromatic N) is 7. The Morgan fingerprint density at radius 1 is 1.06 bits per heavy atom. The summed E-state index contributed by atoms with van der Waals surface area (Å²) < 4.78 is 46.7. The van der Waals surface area contributed by atoms with E-state index in [4.69, 9.17) is 4.52 Å². The molecule has 2 amide bonds. The highest BCUT2D eigenvalue weighted by Gasteiger charge is 2.68. The summed E-state index contributed by atoms with van der Waals surface area (Å²) in [5.74, 6) is 1.27. The fourth-order valence-electron chi connectivity index (χ4n) is 5.61. The fraction of sp³-hybridized carbons (Fsp3) is 0.762. The van der Waals surface area contributed by atoms with Crippen molar-refractivity contribution in [1.82, 2.24) is 34.7 Å². The summed E-state index contributed by atoms with van der Waals surface area (Å²) in [5.41, 5.74) is -1.77. The minimum absolute atomic E-state index is 0.0103. The zero-order valence-corrected chi connectivity index (χ0v) is 18.0. The predicted octanol–water partition coefficient (Wildman–Crippen LogP) is 2.99. The van der Waals surface area contributed by atoms with Crippen LogP contribution in [0.3, 0.4) is 0 Å². The van der Waals surface area contributed by atoms with Gasteiger partial charge in [0.1, 0.15) is 11.7 Å². The maximum atomic E-state index is 13.2. The van der Waals surface area contributed by atoms with Gasteiger partial charge in [0.2, 0.25) is 5.89 Å². The van der Waals surface area contributed by atoms with Crippen molar-refractivity contribution in [3.8, 4) is 0 Å². The molecular formula is C21H24F3N7O2. The zero-order chi connectivity index (χ0) is 22.6. The Balaban J connectivity index is 0.900. The van der Waals surface area contributed by atoms with Gasteiger partial charge in [0.05, 0.1) is 12.0 Å². The third kappa shape index (κ3) is 2.94. The summed E-state index contributed by atoms with van der Waals surface area (Å²) in [6, 6.07) is 0.351. The summed E-state index contributed by atoms with van der Waals surface area (Å²) in [5, 5.41) is 8.41. The van der Waals surface area contributed by atoms with Crippen LogP contribution in [0.5, 0.6) is 0 Å². The van der Waals surface area contributed by atoms with Crippen LogP contribution in [0.25, 0.3) is 0 Å². The number of hydrogen-bond acceptors (Lipinski definition) is 6. The Bertz CT molecular complexity index is 1100. The van der Waals surface area contributed by atoms with Crippen molar-refractivity contribution >= 4 is 6.03 Å². The summed E-state index contributed by atoms with van der Waals surface area (Å²) >= 11 is 0. The van der Waals surface area contributed by atoms with E-state index in [0.29, 0.717) is 25.0 Å². The van der Waals surface area contributed by atoms with Crippen molar-refractivity contribution in [1.29, 1.82) is 0 Å². The summed E-state index contributed by atoms with van der Waals surface area (Å²) in [4.78, 5) is 24.8. The van der Waals surface area contributed by atoms with E-state index in [2.05, 4.69) is 20.2 Å². The lowest BCUT2D eigenvalue weighted by Gasteiger charge is -2.59. The molecule has 2 aliphatic heterocycles. The molecule has 4 heterocycles. The second-order valence-electron chi connectivity index (χ2n) is 10.7. The molecule has 176 valence electrons. The molecule has 5 aliphatic rings. The van der Waals surface area contributed by atoms with Gasteiger partial charge in [-0.1, -0.05) is 5.16 Å². The highest BCUT2D eigenvalue weighted by Crippen LogP contribution is 2.58. The number of urea groups is 1.